The first-order chi connectivity index (χ1) is 15.0. The molecule has 31 heavy (non-hydrogen) atoms. The third-order valence-electron chi connectivity index (χ3n) is 5.53. The van der Waals surface area contributed by atoms with Gasteiger partial charge in [0.1, 0.15) is 11.5 Å². The monoisotopic (exact) mass is 496 g/mol. The molecule has 0 amide bonds. The lowest BCUT2D eigenvalue weighted by atomic mass is 9.95. The van der Waals surface area contributed by atoms with E-state index in [0.717, 1.165) is 27.1 Å². The number of methoxy groups -OCH3 is 1. The molecule has 0 aliphatic carbocycles. The number of halogens is 2. The highest BCUT2D eigenvalue weighted by Crippen LogP contribution is 2.44. The van der Waals surface area contributed by atoms with Crippen molar-refractivity contribution in [2.75, 3.05) is 7.11 Å². The number of fused-ring (bicyclic) bond motifs is 3. The molecular weight excluding hydrogens is 480 g/mol. The highest BCUT2D eigenvalue weighted by Gasteiger charge is 2.43. The maximum atomic E-state index is 13.4. The Hall–Kier alpha value is -2.83. The van der Waals surface area contributed by atoms with Crippen LogP contribution < -0.4 is 9.47 Å². The zero-order chi connectivity index (χ0) is 21.5. The third kappa shape index (κ3) is 3.70. The van der Waals surface area contributed by atoms with Crippen molar-refractivity contribution in [3.05, 3.63) is 92.9 Å². The van der Waals surface area contributed by atoms with Crippen LogP contribution in [0.1, 0.15) is 33.9 Å². The van der Waals surface area contributed by atoms with Gasteiger partial charge in [-0.2, -0.15) is 5.10 Å². The minimum Gasteiger partial charge on any atom is -0.497 e. The largest absolute Gasteiger partial charge is 0.497 e. The second-order valence-corrected chi connectivity index (χ2v) is 8.75. The molecule has 7 heteroatoms. The summed E-state index contributed by atoms with van der Waals surface area (Å²) in [5.74, 6) is 1.30. The molecule has 0 saturated heterocycles. The van der Waals surface area contributed by atoms with Gasteiger partial charge >= 0.3 is 0 Å². The zero-order valence-electron chi connectivity index (χ0n) is 16.6. The average molecular weight is 498 g/mol. The van der Waals surface area contributed by atoms with Crippen LogP contribution in [0.4, 0.5) is 0 Å². The van der Waals surface area contributed by atoms with Crippen molar-refractivity contribution in [3.8, 4) is 11.5 Å². The van der Waals surface area contributed by atoms with Gasteiger partial charge in [0.2, 0.25) is 5.78 Å². The Morgan fingerprint density at radius 2 is 1.87 bits per heavy atom. The van der Waals surface area contributed by atoms with Crippen LogP contribution in [-0.2, 0) is 0 Å². The number of benzene rings is 3. The Bertz CT molecular complexity index is 1180. The van der Waals surface area contributed by atoms with Gasteiger partial charge in [-0.05, 0) is 60.2 Å². The van der Waals surface area contributed by atoms with E-state index in [9.17, 15) is 4.79 Å². The number of hydrazone groups is 1. The van der Waals surface area contributed by atoms with Crippen molar-refractivity contribution < 1.29 is 14.3 Å². The van der Waals surface area contributed by atoms with Crippen LogP contribution in [0.2, 0.25) is 5.02 Å². The Morgan fingerprint density at radius 1 is 1.13 bits per heavy atom. The molecule has 0 saturated carbocycles. The van der Waals surface area contributed by atoms with Crippen molar-refractivity contribution in [1.29, 1.82) is 0 Å². The molecule has 0 unspecified atom stereocenters. The third-order valence-corrected chi connectivity index (χ3v) is 6.29. The van der Waals surface area contributed by atoms with Crippen molar-refractivity contribution in [2.45, 2.75) is 18.7 Å². The van der Waals surface area contributed by atoms with Gasteiger partial charge < -0.3 is 9.47 Å². The fraction of sp³-hybridized carbons (Fsp3) is 0.167. The molecule has 0 N–H and O–H groups in total. The molecule has 0 spiro atoms. The van der Waals surface area contributed by atoms with E-state index < -0.39 is 6.23 Å². The molecule has 0 fully saturated rings. The molecular formula is C24H18BrClN2O3. The highest BCUT2D eigenvalue weighted by atomic mass is 79.9. The molecule has 2 heterocycles. The maximum absolute atomic E-state index is 13.4. The van der Waals surface area contributed by atoms with E-state index in [0.29, 0.717) is 22.8 Å². The smallest absolute Gasteiger partial charge is 0.251 e. The molecule has 2 aliphatic heterocycles. The number of rotatable bonds is 4. The molecule has 5 nitrogen and oxygen atoms in total. The van der Waals surface area contributed by atoms with Gasteiger partial charge in [-0.15, -0.1) is 0 Å². The van der Waals surface area contributed by atoms with E-state index >= 15 is 0 Å². The number of ether oxygens (including phenoxy) is 2. The predicted molar refractivity (Wildman–Crippen MR) is 123 cm³/mol. The lowest BCUT2D eigenvalue weighted by Crippen LogP contribution is -2.45. The van der Waals surface area contributed by atoms with Crippen LogP contribution in [0.15, 0.2) is 76.3 Å². The van der Waals surface area contributed by atoms with Gasteiger partial charge in [-0.25, -0.2) is 5.01 Å². The van der Waals surface area contributed by atoms with Crippen LogP contribution >= 0.6 is 27.5 Å². The number of ketones is 1. The first-order valence-electron chi connectivity index (χ1n) is 9.79. The van der Waals surface area contributed by atoms with E-state index in [1.54, 1.807) is 30.3 Å². The maximum Gasteiger partial charge on any atom is 0.251 e. The average Bonchev–Trinajstić information content (AvgIpc) is 3.24. The van der Waals surface area contributed by atoms with Gasteiger partial charge in [-0.1, -0.05) is 39.7 Å². The summed E-state index contributed by atoms with van der Waals surface area (Å²) in [6.45, 7) is 0. The van der Waals surface area contributed by atoms with Crippen LogP contribution in [0, 0.1) is 0 Å². The number of Topliss-reactive ketones (excluding diaryl/α,β-unsaturated/α-hetero) is 1. The number of carbonyl (C=O) groups is 1. The SMILES string of the molecule is COc1ccc(C2=NN3[C@H](C(=O)c4ccc(Br)cc4)Oc4ccc(Cl)cc4[C@@H]3C2)cc1. The Kier molecular flexibility index (Phi) is 5.20. The first-order valence-corrected chi connectivity index (χ1v) is 11.0. The highest BCUT2D eigenvalue weighted by molar-refractivity contribution is 9.10. The predicted octanol–water partition coefficient (Wildman–Crippen LogP) is 5.86. The van der Waals surface area contributed by atoms with Gasteiger partial charge in [0.25, 0.3) is 6.23 Å². The summed E-state index contributed by atoms with van der Waals surface area (Å²) in [4.78, 5) is 13.4. The molecule has 0 aromatic heterocycles. The molecule has 156 valence electrons. The first kappa shape index (κ1) is 20.1. The number of carbonyl (C=O) groups excluding carboxylic acids is 1. The van der Waals surface area contributed by atoms with Crippen molar-refractivity contribution in [1.82, 2.24) is 5.01 Å². The summed E-state index contributed by atoms with van der Waals surface area (Å²) >= 11 is 9.68. The quantitative estimate of drug-likeness (QED) is 0.424. The molecule has 3 aromatic carbocycles. The Balaban J connectivity index is 1.55. The van der Waals surface area contributed by atoms with E-state index in [4.69, 9.17) is 26.2 Å². The fourth-order valence-electron chi connectivity index (χ4n) is 3.95. The lowest BCUT2D eigenvalue weighted by Gasteiger charge is -2.37. The van der Waals surface area contributed by atoms with E-state index in [1.165, 1.54) is 0 Å². The number of hydrogen-bond donors (Lipinski definition) is 0. The van der Waals surface area contributed by atoms with Crippen LogP contribution in [0.25, 0.3) is 0 Å². The zero-order valence-corrected chi connectivity index (χ0v) is 18.9. The number of hydrogen-bond acceptors (Lipinski definition) is 5. The summed E-state index contributed by atoms with van der Waals surface area (Å²) in [6.07, 6.45) is -0.205. The van der Waals surface area contributed by atoms with E-state index in [1.807, 2.05) is 48.5 Å². The van der Waals surface area contributed by atoms with Gasteiger partial charge in [0.05, 0.1) is 18.9 Å². The molecule has 0 radical (unpaired) electrons. The van der Waals surface area contributed by atoms with Gasteiger partial charge in [0, 0.05) is 27.0 Å². The van der Waals surface area contributed by atoms with Crippen molar-refractivity contribution in [3.63, 3.8) is 0 Å². The minimum absolute atomic E-state index is 0.135. The van der Waals surface area contributed by atoms with Crippen molar-refractivity contribution in [2.24, 2.45) is 5.10 Å². The summed E-state index contributed by atoms with van der Waals surface area (Å²) in [5.41, 5.74) is 3.36. The molecule has 2 aliphatic rings. The van der Waals surface area contributed by atoms with E-state index in [2.05, 4.69) is 15.9 Å². The number of nitrogens with zero attached hydrogens (tertiary/aromatic N) is 2. The lowest BCUT2D eigenvalue weighted by molar-refractivity contribution is -0.00455. The van der Waals surface area contributed by atoms with E-state index in [-0.39, 0.29) is 11.8 Å². The molecule has 2 atom stereocenters. The van der Waals surface area contributed by atoms with Gasteiger partial charge in [0.15, 0.2) is 0 Å². The second-order valence-electron chi connectivity index (χ2n) is 7.40. The summed E-state index contributed by atoms with van der Waals surface area (Å²) < 4.78 is 12.3. The fourth-order valence-corrected chi connectivity index (χ4v) is 4.39. The summed E-state index contributed by atoms with van der Waals surface area (Å²) in [6, 6.07) is 20.4. The minimum atomic E-state index is -0.851. The van der Waals surface area contributed by atoms with Crippen LogP contribution in [0.3, 0.4) is 0 Å². The van der Waals surface area contributed by atoms with Gasteiger partial charge in [-0.3, -0.25) is 4.79 Å². The topological polar surface area (TPSA) is 51.1 Å². The summed E-state index contributed by atoms with van der Waals surface area (Å²) in [5, 5.41) is 7.21. The molecule has 5 rings (SSSR count). The Labute approximate surface area is 193 Å². The van der Waals surface area contributed by atoms with Crippen LogP contribution in [-0.4, -0.2) is 29.8 Å². The Morgan fingerprint density at radius 3 is 2.58 bits per heavy atom. The normalized spacial score (nSPS) is 19.2. The van der Waals surface area contributed by atoms with Crippen molar-refractivity contribution >= 4 is 39.0 Å². The molecule has 3 aromatic rings. The summed E-state index contributed by atoms with van der Waals surface area (Å²) in [7, 11) is 1.64. The van der Waals surface area contributed by atoms with Crippen LogP contribution in [0.5, 0.6) is 11.5 Å². The standard InChI is InChI=1S/C24H18BrClN2O3/c1-30-18-9-4-14(5-10-18)20-13-21-19-12-17(26)8-11-22(19)31-24(28(21)27-20)23(29)15-2-6-16(25)7-3-15/h2-12,21,24H,13H2,1H3/t21-,24-/m0/s1. The second kappa shape index (κ2) is 8.02. The molecule has 0 bridgehead atoms.